The van der Waals surface area contributed by atoms with E-state index in [4.69, 9.17) is 15.3 Å². The molecule has 0 bridgehead atoms. The third kappa shape index (κ3) is 27.5. The predicted molar refractivity (Wildman–Crippen MR) is 158 cm³/mol. The highest BCUT2D eigenvalue weighted by Gasteiger charge is 2.06. The highest BCUT2D eigenvalue weighted by Crippen LogP contribution is 2.11. The Labute approximate surface area is 229 Å². The van der Waals surface area contributed by atoms with E-state index in [1.54, 1.807) is 0 Å². The molecule has 0 aliphatic heterocycles. The number of ether oxygens (including phenoxy) is 1. The second-order valence-corrected chi connectivity index (χ2v) is 10.4. The van der Waals surface area contributed by atoms with Crippen LogP contribution in [0.5, 0.6) is 0 Å². The van der Waals surface area contributed by atoms with Crippen LogP contribution in [-0.2, 0) is 14.4 Å². The number of nitrogens with one attached hydrogen (secondary N) is 1. The number of carbonyl (C=O) groups is 1. The van der Waals surface area contributed by atoms with Crippen LogP contribution in [0.2, 0.25) is 0 Å². The quantitative estimate of drug-likeness (QED) is 0.0370. The first-order chi connectivity index (χ1) is 18.1. The fraction of sp³-hybridized carbons (Fsp3) is 0.933. The average molecular weight is 527 g/mol. The van der Waals surface area contributed by atoms with Gasteiger partial charge in [0.2, 0.25) is 5.96 Å². The minimum absolute atomic E-state index is 0.0138. The maximum Gasteiger partial charge on any atom is 0.305 e. The average Bonchev–Trinajstić information content (AvgIpc) is 2.89. The largest absolute Gasteiger partial charge is 0.466 e. The Morgan fingerprint density at radius 3 is 1.76 bits per heavy atom. The maximum absolute atomic E-state index is 11.9. The number of hydrogen-bond donors (Lipinski definition) is 2. The molecule has 0 heterocycles. The molecule has 0 saturated heterocycles. The standard InChI is InChI=1S/C30H62N4O3/c1-4-6-8-10-12-17-21-28-37-29(35)23-18-14-13-16-20-26-34(25-19-15-11-9-7-5-2)27-22-24-32-30(31)33-36-3/h4-28H2,1-3H3,(H3,31,32,33). The number of hydroxylamine groups is 1. The molecule has 0 saturated carbocycles. The zero-order valence-electron chi connectivity index (χ0n) is 24.9. The number of nitrogens with zero attached hydrogens (tertiary/aromatic N) is 2. The maximum atomic E-state index is 11.9. The van der Waals surface area contributed by atoms with Gasteiger partial charge in [0.25, 0.3) is 0 Å². The van der Waals surface area contributed by atoms with Crippen LogP contribution in [0.15, 0.2) is 4.99 Å². The fourth-order valence-electron chi connectivity index (χ4n) is 4.53. The number of guanidine groups is 1. The number of rotatable bonds is 28. The highest BCUT2D eigenvalue weighted by atomic mass is 16.6. The van der Waals surface area contributed by atoms with Gasteiger partial charge in [-0.2, -0.15) is 0 Å². The summed E-state index contributed by atoms with van der Waals surface area (Å²) in [6.45, 7) is 9.20. The molecular formula is C30H62N4O3. The fourth-order valence-corrected chi connectivity index (χ4v) is 4.53. The molecule has 0 spiro atoms. The van der Waals surface area contributed by atoms with Crippen LogP contribution < -0.4 is 11.2 Å². The lowest BCUT2D eigenvalue weighted by atomic mass is 10.1. The van der Waals surface area contributed by atoms with E-state index in [0.717, 1.165) is 38.8 Å². The van der Waals surface area contributed by atoms with Crippen molar-refractivity contribution in [2.45, 2.75) is 142 Å². The lowest BCUT2D eigenvalue weighted by Crippen LogP contribution is -2.31. The summed E-state index contributed by atoms with van der Waals surface area (Å²) in [6, 6.07) is 0. The molecule has 0 aromatic heterocycles. The first-order valence-electron chi connectivity index (χ1n) is 15.6. The number of esters is 1. The smallest absolute Gasteiger partial charge is 0.305 e. The van der Waals surface area contributed by atoms with Crippen molar-refractivity contribution in [3.8, 4) is 0 Å². The summed E-state index contributed by atoms with van der Waals surface area (Å²) >= 11 is 0. The zero-order chi connectivity index (χ0) is 27.2. The minimum Gasteiger partial charge on any atom is -0.466 e. The Balaban J connectivity index is 3.88. The Kier molecular flexibility index (Phi) is 28.2. The Bertz CT molecular complexity index is 517. The zero-order valence-corrected chi connectivity index (χ0v) is 24.9. The van der Waals surface area contributed by atoms with Crippen LogP contribution in [0, 0.1) is 0 Å². The van der Waals surface area contributed by atoms with Crippen LogP contribution in [-0.4, -0.2) is 56.7 Å². The van der Waals surface area contributed by atoms with Gasteiger partial charge in [0.1, 0.15) is 0 Å². The van der Waals surface area contributed by atoms with Gasteiger partial charge in [-0.25, -0.2) is 5.48 Å². The normalized spacial score (nSPS) is 11.8. The van der Waals surface area contributed by atoms with Crippen molar-refractivity contribution in [1.29, 1.82) is 0 Å². The molecule has 0 amide bonds. The lowest BCUT2D eigenvalue weighted by Gasteiger charge is -2.22. The second kappa shape index (κ2) is 29.2. The molecule has 0 atom stereocenters. The van der Waals surface area contributed by atoms with Gasteiger partial charge in [-0.05, 0) is 51.7 Å². The first kappa shape index (κ1) is 35.7. The number of unbranched alkanes of at least 4 members (excludes halogenated alkanes) is 15. The van der Waals surface area contributed by atoms with Gasteiger partial charge in [-0.15, -0.1) is 0 Å². The van der Waals surface area contributed by atoms with Crippen molar-refractivity contribution < 1.29 is 14.4 Å². The highest BCUT2D eigenvalue weighted by molar-refractivity contribution is 5.76. The van der Waals surface area contributed by atoms with E-state index >= 15 is 0 Å². The monoisotopic (exact) mass is 526 g/mol. The molecule has 0 radical (unpaired) electrons. The molecule has 0 aromatic rings. The van der Waals surface area contributed by atoms with Gasteiger partial charge >= 0.3 is 5.97 Å². The van der Waals surface area contributed by atoms with Crippen LogP contribution in [0.3, 0.4) is 0 Å². The van der Waals surface area contributed by atoms with E-state index in [0.29, 0.717) is 25.5 Å². The molecule has 7 heteroatoms. The summed E-state index contributed by atoms with van der Waals surface area (Å²) in [6.07, 6.45) is 24.0. The van der Waals surface area contributed by atoms with Gasteiger partial charge in [0.05, 0.1) is 13.7 Å². The molecule has 0 unspecified atom stereocenters. The molecule has 37 heavy (non-hydrogen) atoms. The summed E-state index contributed by atoms with van der Waals surface area (Å²) in [5, 5.41) is 0. The van der Waals surface area contributed by atoms with Crippen molar-refractivity contribution >= 4 is 11.9 Å². The SMILES string of the molecule is CCCCCCCCCOC(=O)CCCCCCCN(CCCCCCCC)CCCN=C(N)NOC. The Morgan fingerprint density at radius 2 is 1.19 bits per heavy atom. The third-order valence-electron chi connectivity index (χ3n) is 6.82. The van der Waals surface area contributed by atoms with Gasteiger partial charge < -0.3 is 15.4 Å². The van der Waals surface area contributed by atoms with Crippen molar-refractivity contribution in [3.63, 3.8) is 0 Å². The van der Waals surface area contributed by atoms with Gasteiger partial charge in [-0.1, -0.05) is 104 Å². The molecular weight excluding hydrogens is 464 g/mol. The molecule has 0 fully saturated rings. The Hall–Kier alpha value is -1.34. The van der Waals surface area contributed by atoms with E-state index in [1.807, 2.05) is 0 Å². The summed E-state index contributed by atoms with van der Waals surface area (Å²) < 4.78 is 5.40. The lowest BCUT2D eigenvalue weighted by molar-refractivity contribution is -0.143. The number of aliphatic imine (C=N–C) groups is 1. The van der Waals surface area contributed by atoms with E-state index in [2.05, 4.69) is 29.2 Å². The van der Waals surface area contributed by atoms with Crippen LogP contribution in [0.25, 0.3) is 0 Å². The summed E-state index contributed by atoms with van der Waals surface area (Å²) in [5.74, 6) is 0.326. The van der Waals surface area contributed by atoms with Gasteiger partial charge in [-0.3, -0.25) is 14.6 Å². The van der Waals surface area contributed by atoms with E-state index in [-0.39, 0.29) is 5.97 Å². The Morgan fingerprint density at radius 1 is 0.703 bits per heavy atom. The van der Waals surface area contributed by atoms with Crippen LogP contribution in [0.4, 0.5) is 0 Å². The van der Waals surface area contributed by atoms with Crippen molar-refractivity contribution in [2.75, 3.05) is 39.9 Å². The molecule has 7 nitrogen and oxygen atoms in total. The molecule has 0 aliphatic rings. The van der Waals surface area contributed by atoms with Crippen molar-refractivity contribution in [3.05, 3.63) is 0 Å². The molecule has 0 rings (SSSR count). The van der Waals surface area contributed by atoms with E-state index in [1.165, 1.54) is 110 Å². The first-order valence-corrected chi connectivity index (χ1v) is 15.6. The van der Waals surface area contributed by atoms with Gasteiger partial charge in [0.15, 0.2) is 0 Å². The predicted octanol–water partition coefficient (Wildman–Crippen LogP) is 7.14. The number of carbonyl (C=O) groups excluding carboxylic acids is 1. The number of hydrogen-bond acceptors (Lipinski definition) is 5. The van der Waals surface area contributed by atoms with Crippen molar-refractivity contribution in [1.82, 2.24) is 10.4 Å². The molecule has 220 valence electrons. The van der Waals surface area contributed by atoms with Gasteiger partial charge in [0, 0.05) is 13.0 Å². The molecule has 3 N–H and O–H groups in total. The van der Waals surface area contributed by atoms with E-state index < -0.39 is 0 Å². The minimum atomic E-state index is -0.0138. The van der Waals surface area contributed by atoms with Crippen molar-refractivity contribution in [2.24, 2.45) is 10.7 Å². The summed E-state index contributed by atoms with van der Waals surface area (Å²) in [7, 11) is 1.54. The number of nitrogens with two attached hydrogens (primary N) is 1. The molecule has 0 aromatic carbocycles. The van der Waals surface area contributed by atoms with Crippen LogP contribution in [0.1, 0.15) is 142 Å². The topological polar surface area (TPSA) is 89.2 Å². The molecule has 0 aliphatic carbocycles. The second-order valence-electron chi connectivity index (χ2n) is 10.4. The summed E-state index contributed by atoms with van der Waals surface area (Å²) in [4.78, 5) is 23.6. The van der Waals surface area contributed by atoms with E-state index in [9.17, 15) is 4.79 Å². The van der Waals surface area contributed by atoms with Crippen LogP contribution >= 0.6 is 0 Å². The summed E-state index contributed by atoms with van der Waals surface area (Å²) in [5.41, 5.74) is 8.29. The third-order valence-corrected chi connectivity index (χ3v) is 6.82.